The average Bonchev–Trinajstić information content (AvgIpc) is 2.97. The third-order valence-electron chi connectivity index (χ3n) is 6.08. The molecule has 4 rings (SSSR count). The summed E-state index contributed by atoms with van der Waals surface area (Å²) in [6.45, 7) is 4.86. The quantitative estimate of drug-likeness (QED) is 0.172. The van der Waals surface area contributed by atoms with Gasteiger partial charge in [-0.1, -0.05) is 78.4 Å². The van der Waals surface area contributed by atoms with Crippen LogP contribution in [0.25, 0.3) is 0 Å². The Bertz CT molecular complexity index is 1440. The minimum atomic E-state index is -0.515. The van der Waals surface area contributed by atoms with Crippen molar-refractivity contribution in [3.63, 3.8) is 0 Å². The first-order valence-electron chi connectivity index (χ1n) is 13.2. The molecule has 0 saturated heterocycles. The van der Waals surface area contributed by atoms with Gasteiger partial charge in [0.15, 0.2) is 11.5 Å². The standard InChI is InChI=1S/C33H33N3O4/c1-3-39-31-20-25(17-18-30(31)40-23-26-12-10-11-24(2)19-26)22-34-36-32(37)21-29(27-13-6-4-7-14-27)35-33(38)28-15-8-5-9-16-28/h4-20,22,29H,3,21,23H2,1-2H3,(H,35,38)(H,36,37)/b34-22-/t29-/m1/s1. The number of amides is 2. The van der Waals surface area contributed by atoms with Crippen LogP contribution >= 0.6 is 0 Å². The van der Waals surface area contributed by atoms with Crippen molar-refractivity contribution < 1.29 is 19.1 Å². The Hall–Kier alpha value is -4.91. The van der Waals surface area contributed by atoms with E-state index in [1.54, 1.807) is 30.5 Å². The smallest absolute Gasteiger partial charge is 0.251 e. The summed E-state index contributed by atoms with van der Waals surface area (Å²) in [6, 6.07) is 31.4. The lowest BCUT2D eigenvalue weighted by atomic mass is 10.0. The van der Waals surface area contributed by atoms with E-state index in [9.17, 15) is 9.59 Å². The van der Waals surface area contributed by atoms with E-state index in [2.05, 4.69) is 21.9 Å². The van der Waals surface area contributed by atoms with Gasteiger partial charge in [0.1, 0.15) is 6.61 Å². The van der Waals surface area contributed by atoms with Crippen LogP contribution in [-0.2, 0) is 11.4 Å². The number of nitrogens with zero attached hydrogens (tertiary/aromatic N) is 1. The highest BCUT2D eigenvalue weighted by Gasteiger charge is 2.19. The van der Waals surface area contributed by atoms with Gasteiger partial charge >= 0.3 is 0 Å². The third kappa shape index (κ3) is 8.30. The number of hydrogen-bond acceptors (Lipinski definition) is 5. The minimum Gasteiger partial charge on any atom is -0.490 e. The van der Waals surface area contributed by atoms with Gasteiger partial charge in [0.2, 0.25) is 5.91 Å². The molecule has 0 fully saturated rings. The van der Waals surface area contributed by atoms with Crippen molar-refractivity contribution in [2.24, 2.45) is 5.10 Å². The van der Waals surface area contributed by atoms with Gasteiger partial charge in [0, 0.05) is 5.56 Å². The van der Waals surface area contributed by atoms with Crippen molar-refractivity contribution in [1.29, 1.82) is 0 Å². The number of rotatable bonds is 12. The molecule has 0 heterocycles. The van der Waals surface area contributed by atoms with Crippen molar-refractivity contribution in [3.05, 3.63) is 131 Å². The highest BCUT2D eigenvalue weighted by atomic mass is 16.5. The van der Waals surface area contributed by atoms with E-state index in [1.807, 2.05) is 86.6 Å². The molecule has 2 amide bonds. The number of benzene rings is 4. The van der Waals surface area contributed by atoms with E-state index in [-0.39, 0.29) is 18.2 Å². The highest BCUT2D eigenvalue weighted by molar-refractivity contribution is 5.94. The second-order valence-corrected chi connectivity index (χ2v) is 9.22. The Labute approximate surface area is 234 Å². The summed E-state index contributed by atoms with van der Waals surface area (Å²) in [5.74, 6) is 0.642. The first-order chi connectivity index (χ1) is 19.5. The topological polar surface area (TPSA) is 89.0 Å². The summed E-state index contributed by atoms with van der Waals surface area (Å²) in [5, 5.41) is 7.09. The molecule has 7 nitrogen and oxygen atoms in total. The van der Waals surface area contributed by atoms with Crippen LogP contribution in [0.3, 0.4) is 0 Å². The van der Waals surface area contributed by atoms with Crippen molar-refractivity contribution in [2.45, 2.75) is 32.9 Å². The van der Waals surface area contributed by atoms with E-state index in [0.29, 0.717) is 30.3 Å². The fourth-order valence-electron chi connectivity index (χ4n) is 4.13. The molecule has 40 heavy (non-hydrogen) atoms. The maximum Gasteiger partial charge on any atom is 0.251 e. The van der Waals surface area contributed by atoms with Gasteiger partial charge < -0.3 is 14.8 Å². The Morgan fingerprint density at radius 3 is 2.33 bits per heavy atom. The van der Waals surface area contributed by atoms with Crippen LogP contribution in [0, 0.1) is 6.92 Å². The summed E-state index contributed by atoms with van der Waals surface area (Å²) in [4.78, 5) is 25.6. The van der Waals surface area contributed by atoms with E-state index in [0.717, 1.165) is 16.7 Å². The molecule has 0 aliphatic carbocycles. The number of ether oxygens (including phenoxy) is 2. The van der Waals surface area contributed by atoms with E-state index in [1.165, 1.54) is 5.56 Å². The van der Waals surface area contributed by atoms with E-state index >= 15 is 0 Å². The molecule has 0 aliphatic rings. The van der Waals surface area contributed by atoms with E-state index in [4.69, 9.17) is 9.47 Å². The maximum absolute atomic E-state index is 12.8. The van der Waals surface area contributed by atoms with Gasteiger partial charge in [-0.3, -0.25) is 9.59 Å². The second-order valence-electron chi connectivity index (χ2n) is 9.22. The van der Waals surface area contributed by atoms with Crippen molar-refractivity contribution in [2.75, 3.05) is 6.61 Å². The summed E-state index contributed by atoms with van der Waals surface area (Å²) in [6.07, 6.45) is 1.57. The van der Waals surface area contributed by atoms with Crippen LogP contribution in [0.5, 0.6) is 11.5 Å². The first kappa shape index (κ1) is 28.1. The van der Waals surface area contributed by atoms with Gasteiger partial charge in [-0.25, -0.2) is 5.43 Å². The van der Waals surface area contributed by atoms with Crippen LogP contribution in [0.4, 0.5) is 0 Å². The molecule has 2 N–H and O–H groups in total. The molecule has 0 bridgehead atoms. The van der Waals surface area contributed by atoms with Crippen LogP contribution < -0.4 is 20.2 Å². The van der Waals surface area contributed by atoms with Gasteiger partial charge in [-0.15, -0.1) is 0 Å². The molecule has 0 aliphatic heterocycles. The van der Waals surface area contributed by atoms with Gasteiger partial charge in [0.05, 0.1) is 25.3 Å². The number of aryl methyl sites for hydroxylation is 1. The Balaban J connectivity index is 1.38. The molecule has 204 valence electrons. The van der Waals surface area contributed by atoms with Crippen molar-refractivity contribution in [3.8, 4) is 11.5 Å². The molecule has 0 unspecified atom stereocenters. The number of hydrogen-bond donors (Lipinski definition) is 2. The molecular weight excluding hydrogens is 502 g/mol. The molecule has 4 aromatic carbocycles. The lowest BCUT2D eigenvalue weighted by molar-refractivity contribution is -0.121. The normalized spacial score (nSPS) is 11.6. The fraction of sp³-hybridized carbons (Fsp3) is 0.182. The van der Waals surface area contributed by atoms with E-state index < -0.39 is 6.04 Å². The monoisotopic (exact) mass is 535 g/mol. The zero-order valence-electron chi connectivity index (χ0n) is 22.7. The highest BCUT2D eigenvalue weighted by Crippen LogP contribution is 2.29. The molecule has 1 atom stereocenters. The molecule has 0 saturated carbocycles. The maximum atomic E-state index is 12.8. The van der Waals surface area contributed by atoms with Crippen LogP contribution in [0.1, 0.15) is 52.0 Å². The second kappa shape index (κ2) is 14.3. The van der Waals surface area contributed by atoms with Crippen molar-refractivity contribution >= 4 is 18.0 Å². The minimum absolute atomic E-state index is 0.0237. The fourth-order valence-corrected chi connectivity index (χ4v) is 4.13. The van der Waals surface area contributed by atoms with Crippen LogP contribution in [0.15, 0.2) is 108 Å². The molecule has 0 spiro atoms. The predicted molar refractivity (Wildman–Crippen MR) is 157 cm³/mol. The summed E-state index contributed by atoms with van der Waals surface area (Å²) in [7, 11) is 0. The zero-order chi connectivity index (χ0) is 28.2. The lowest BCUT2D eigenvalue weighted by Crippen LogP contribution is -2.32. The first-order valence-corrected chi connectivity index (χ1v) is 13.2. The number of carbonyl (C=O) groups is 2. The molecular formula is C33H33N3O4. The largest absolute Gasteiger partial charge is 0.490 e. The summed E-state index contributed by atoms with van der Waals surface area (Å²) in [5.41, 5.74) is 6.91. The average molecular weight is 536 g/mol. The van der Waals surface area contributed by atoms with Crippen LogP contribution in [-0.4, -0.2) is 24.6 Å². The predicted octanol–water partition coefficient (Wildman–Crippen LogP) is 5.98. The zero-order valence-corrected chi connectivity index (χ0v) is 22.7. The van der Waals surface area contributed by atoms with Gasteiger partial charge in [-0.2, -0.15) is 5.10 Å². The molecule has 7 heteroatoms. The number of nitrogens with one attached hydrogen (secondary N) is 2. The number of hydrazone groups is 1. The SMILES string of the molecule is CCOc1cc(/C=N\NC(=O)C[C@@H](NC(=O)c2ccccc2)c2ccccc2)ccc1OCc1cccc(C)c1. The van der Waals surface area contributed by atoms with Gasteiger partial charge in [-0.05, 0) is 60.9 Å². The summed E-state index contributed by atoms with van der Waals surface area (Å²) < 4.78 is 11.8. The van der Waals surface area contributed by atoms with Gasteiger partial charge in [0.25, 0.3) is 5.91 Å². The summed E-state index contributed by atoms with van der Waals surface area (Å²) >= 11 is 0. The number of carbonyl (C=O) groups excluding carboxylic acids is 2. The lowest BCUT2D eigenvalue weighted by Gasteiger charge is -2.18. The Morgan fingerprint density at radius 1 is 0.850 bits per heavy atom. The van der Waals surface area contributed by atoms with Crippen molar-refractivity contribution in [1.82, 2.24) is 10.7 Å². The molecule has 0 radical (unpaired) electrons. The molecule has 4 aromatic rings. The Kier molecular flexibility index (Phi) is 10.0. The third-order valence-corrected chi connectivity index (χ3v) is 6.08. The Morgan fingerprint density at radius 2 is 1.60 bits per heavy atom. The van der Waals surface area contributed by atoms with Crippen LogP contribution in [0.2, 0.25) is 0 Å². The molecule has 0 aromatic heterocycles.